The fraction of sp³-hybridized carbons (Fsp3) is 0.929. The molecule has 3 N–H and O–H groups in total. The topological polar surface area (TPSA) is 92.5 Å². The quantitative estimate of drug-likeness (QED) is 0.722. The molecular weight excluding hydrogens is 290 g/mol. The average molecular weight is 319 g/mol. The maximum atomic E-state index is 12.9. The number of nitrogens with zero attached hydrogens (tertiary/aromatic N) is 1. The lowest BCUT2D eigenvalue weighted by atomic mass is 9.80. The Hall–Kier alpha value is -0.660. The molecule has 124 valence electrons. The van der Waals surface area contributed by atoms with Crippen LogP contribution in [0, 0.1) is 5.41 Å². The molecule has 1 fully saturated rings. The number of hydrogen-bond acceptors (Lipinski definition) is 4. The molecule has 0 saturated carbocycles. The summed E-state index contributed by atoms with van der Waals surface area (Å²) in [4.78, 5) is 14.8. The van der Waals surface area contributed by atoms with Crippen LogP contribution < -0.4 is 10.5 Å². The predicted molar refractivity (Wildman–Crippen MR) is 84.3 cm³/mol. The Morgan fingerprint density at radius 1 is 1.33 bits per heavy atom. The van der Waals surface area contributed by atoms with Crippen molar-refractivity contribution in [3.63, 3.8) is 0 Å². The van der Waals surface area contributed by atoms with Gasteiger partial charge in [-0.25, -0.2) is 13.1 Å². The summed E-state index contributed by atoms with van der Waals surface area (Å²) in [6, 6.07) is -0.0648. The average Bonchev–Trinajstić information content (AvgIpc) is 2.47. The number of likely N-dealkylation sites (tertiary alicyclic amines) is 1. The molecule has 1 amide bonds. The van der Waals surface area contributed by atoms with Crippen molar-refractivity contribution in [2.75, 3.05) is 25.9 Å². The molecule has 1 aliphatic rings. The van der Waals surface area contributed by atoms with Crippen LogP contribution in [0.3, 0.4) is 0 Å². The molecule has 0 spiro atoms. The monoisotopic (exact) mass is 319 g/mol. The summed E-state index contributed by atoms with van der Waals surface area (Å²) >= 11 is 0. The number of carbonyl (C=O) groups excluding carboxylic acids is 1. The van der Waals surface area contributed by atoms with E-state index in [1.807, 2.05) is 18.7 Å². The first-order valence-corrected chi connectivity index (χ1v) is 9.64. The van der Waals surface area contributed by atoms with Crippen molar-refractivity contribution in [3.8, 4) is 0 Å². The van der Waals surface area contributed by atoms with Crippen molar-refractivity contribution in [2.24, 2.45) is 11.1 Å². The molecule has 1 aliphatic heterocycles. The minimum atomic E-state index is -3.24. The second-order valence-electron chi connectivity index (χ2n) is 5.96. The highest BCUT2D eigenvalue weighted by atomic mass is 32.2. The Kier molecular flexibility index (Phi) is 6.62. The molecule has 0 aromatic heterocycles. The highest BCUT2D eigenvalue weighted by molar-refractivity contribution is 7.88. The van der Waals surface area contributed by atoms with Crippen LogP contribution in [-0.4, -0.2) is 51.2 Å². The standard InChI is InChI=1S/C14H29N3O3S/c1-4-14(5-2,11-15)13(18)17-9-7-6-8-12(17)10-16-21(3,19)20/h12,16H,4-11,15H2,1-3H3. The van der Waals surface area contributed by atoms with Gasteiger partial charge in [-0.2, -0.15) is 0 Å². The summed E-state index contributed by atoms with van der Waals surface area (Å²) in [6.07, 6.45) is 5.39. The number of sulfonamides is 1. The fourth-order valence-electron chi connectivity index (χ4n) is 2.96. The molecule has 6 nitrogen and oxygen atoms in total. The first kappa shape index (κ1) is 18.4. The van der Waals surface area contributed by atoms with Gasteiger partial charge in [0.2, 0.25) is 15.9 Å². The van der Waals surface area contributed by atoms with Crippen LogP contribution in [-0.2, 0) is 14.8 Å². The van der Waals surface area contributed by atoms with E-state index in [1.165, 1.54) is 0 Å². The Morgan fingerprint density at radius 2 is 1.95 bits per heavy atom. The van der Waals surface area contributed by atoms with Crippen LogP contribution in [0.25, 0.3) is 0 Å². The van der Waals surface area contributed by atoms with Crippen molar-refractivity contribution in [3.05, 3.63) is 0 Å². The van der Waals surface area contributed by atoms with Crippen molar-refractivity contribution < 1.29 is 13.2 Å². The van der Waals surface area contributed by atoms with Crippen LogP contribution >= 0.6 is 0 Å². The van der Waals surface area contributed by atoms with Crippen LogP contribution in [0.15, 0.2) is 0 Å². The Morgan fingerprint density at radius 3 is 2.43 bits per heavy atom. The summed E-state index contributed by atoms with van der Waals surface area (Å²) < 4.78 is 25.1. The number of hydrogen-bond donors (Lipinski definition) is 2. The van der Waals surface area contributed by atoms with Gasteiger partial charge in [0.15, 0.2) is 0 Å². The molecule has 0 aromatic carbocycles. The van der Waals surface area contributed by atoms with E-state index >= 15 is 0 Å². The molecule has 0 aromatic rings. The molecule has 0 radical (unpaired) electrons. The van der Waals surface area contributed by atoms with Crippen LogP contribution in [0.1, 0.15) is 46.0 Å². The molecule has 1 unspecified atom stereocenters. The second-order valence-corrected chi connectivity index (χ2v) is 7.79. The highest BCUT2D eigenvalue weighted by Crippen LogP contribution is 2.31. The van der Waals surface area contributed by atoms with Gasteiger partial charge in [0, 0.05) is 25.7 Å². The van der Waals surface area contributed by atoms with Crippen molar-refractivity contribution in [2.45, 2.75) is 52.0 Å². The zero-order valence-corrected chi connectivity index (χ0v) is 14.2. The van der Waals surface area contributed by atoms with E-state index in [-0.39, 0.29) is 11.9 Å². The maximum absolute atomic E-state index is 12.9. The lowest BCUT2D eigenvalue weighted by molar-refractivity contribution is -0.146. The Balaban J connectivity index is 2.87. The van der Waals surface area contributed by atoms with Gasteiger partial charge < -0.3 is 10.6 Å². The van der Waals surface area contributed by atoms with Gasteiger partial charge >= 0.3 is 0 Å². The summed E-state index contributed by atoms with van der Waals surface area (Å²) in [5.74, 6) is 0.0787. The summed E-state index contributed by atoms with van der Waals surface area (Å²) in [5.41, 5.74) is 5.35. The molecule has 1 heterocycles. The molecule has 21 heavy (non-hydrogen) atoms. The minimum absolute atomic E-state index is 0.0648. The molecule has 1 saturated heterocycles. The number of nitrogens with two attached hydrogens (primary N) is 1. The van der Waals surface area contributed by atoms with E-state index in [9.17, 15) is 13.2 Å². The summed E-state index contributed by atoms with van der Waals surface area (Å²) in [6.45, 7) is 5.29. The zero-order chi connectivity index (χ0) is 16.1. The van der Waals surface area contributed by atoms with E-state index in [0.29, 0.717) is 32.5 Å². The number of rotatable bonds is 7. The van der Waals surface area contributed by atoms with Gasteiger partial charge in [0.05, 0.1) is 11.7 Å². The van der Waals surface area contributed by atoms with E-state index in [4.69, 9.17) is 5.73 Å². The molecule has 7 heteroatoms. The Bertz CT molecular complexity index is 438. The molecule has 0 aliphatic carbocycles. The Labute approximate surface area is 128 Å². The van der Waals surface area contributed by atoms with Crippen molar-refractivity contribution in [1.82, 2.24) is 9.62 Å². The van der Waals surface area contributed by atoms with Crippen LogP contribution in [0.2, 0.25) is 0 Å². The molecule has 1 rings (SSSR count). The summed E-state index contributed by atoms with van der Waals surface area (Å²) in [7, 11) is -3.24. The predicted octanol–water partition coefficient (Wildman–Crippen LogP) is 0.682. The van der Waals surface area contributed by atoms with E-state index in [2.05, 4.69) is 4.72 Å². The maximum Gasteiger partial charge on any atom is 0.230 e. The van der Waals surface area contributed by atoms with Crippen LogP contribution in [0.5, 0.6) is 0 Å². The summed E-state index contributed by atoms with van der Waals surface area (Å²) in [5, 5.41) is 0. The SMILES string of the molecule is CCC(CC)(CN)C(=O)N1CCCCC1CNS(C)(=O)=O. The smallest absolute Gasteiger partial charge is 0.230 e. The normalized spacial score (nSPS) is 20.6. The largest absolute Gasteiger partial charge is 0.338 e. The van der Waals surface area contributed by atoms with Crippen molar-refractivity contribution in [1.29, 1.82) is 0 Å². The van der Waals surface area contributed by atoms with Crippen LogP contribution in [0.4, 0.5) is 0 Å². The number of piperidine rings is 1. The lowest BCUT2D eigenvalue weighted by Gasteiger charge is -2.42. The molecule has 1 atom stereocenters. The van der Waals surface area contributed by atoms with E-state index in [0.717, 1.165) is 25.5 Å². The zero-order valence-electron chi connectivity index (χ0n) is 13.4. The first-order valence-electron chi connectivity index (χ1n) is 7.75. The first-order chi connectivity index (χ1) is 9.79. The molecular formula is C14H29N3O3S. The minimum Gasteiger partial charge on any atom is -0.338 e. The second kappa shape index (κ2) is 7.56. The van der Waals surface area contributed by atoms with Gasteiger partial charge in [-0.05, 0) is 32.1 Å². The van der Waals surface area contributed by atoms with Crippen molar-refractivity contribution >= 4 is 15.9 Å². The number of nitrogens with one attached hydrogen (secondary N) is 1. The number of carbonyl (C=O) groups is 1. The van der Waals surface area contributed by atoms with Gasteiger partial charge in [-0.1, -0.05) is 13.8 Å². The third kappa shape index (κ3) is 4.66. The lowest BCUT2D eigenvalue weighted by Crippen LogP contribution is -2.55. The van der Waals surface area contributed by atoms with E-state index in [1.54, 1.807) is 0 Å². The van der Waals surface area contributed by atoms with E-state index < -0.39 is 15.4 Å². The fourth-order valence-corrected chi connectivity index (χ4v) is 3.46. The third-order valence-electron chi connectivity index (χ3n) is 4.67. The van der Waals surface area contributed by atoms with Gasteiger partial charge in [0.25, 0.3) is 0 Å². The molecule has 0 bridgehead atoms. The third-order valence-corrected chi connectivity index (χ3v) is 5.36. The van der Waals surface area contributed by atoms with Gasteiger partial charge in [-0.3, -0.25) is 4.79 Å². The van der Waals surface area contributed by atoms with Gasteiger partial charge in [-0.15, -0.1) is 0 Å². The highest BCUT2D eigenvalue weighted by Gasteiger charge is 2.40. The van der Waals surface area contributed by atoms with Gasteiger partial charge in [0.1, 0.15) is 0 Å². The number of amides is 1.